The number of nitrogens with zero attached hydrogens (tertiary/aromatic N) is 2. The molecule has 1 unspecified atom stereocenters. The summed E-state index contributed by atoms with van der Waals surface area (Å²) in [7, 11) is 0. The van der Waals surface area contributed by atoms with Gasteiger partial charge in [-0.2, -0.15) is 0 Å². The molecule has 86 valence electrons. The number of likely N-dealkylation sites (N-methyl/N-ethyl adjacent to an activating group) is 1. The third-order valence-electron chi connectivity index (χ3n) is 2.64. The van der Waals surface area contributed by atoms with Crippen molar-refractivity contribution in [2.45, 2.75) is 26.4 Å². The lowest BCUT2D eigenvalue weighted by Crippen LogP contribution is -2.41. The summed E-state index contributed by atoms with van der Waals surface area (Å²) in [5, 5.41) is 9.25. The summed E-state index contributed by atoms with van der Waals surface area (Å²) in [6, 6.07) is 0. The van der Waals surface area contributed by atoms with Crippen LogP contribution in [0, 0.1) is 0 Å². The van der Waals surface area contributed by atoms with Crippen molar-refractivity contribution in [1.29, 1.82) is 0 Å². The molecule has 1 aliphatic rings. The first-order valence-corrected chi connectivity index (χ1v) is 5.32. The number of aliphatic hydroxyl groups is 1. The number of β-amino-alcohol motifs (C(OH)–C–C–N with tert-alkyl or cyclic N) is 1. The molecule has 5 heteroatoms. The minimum absolute atomic E-state index is 0.0533. The van der Waals surface area contributed by atoms with Crippen LogP contribution in [0.3, 0.4) is 0 Å². The highest BCUT2D eigenvalue weighted by Crippen LogP contribution is 2.10. The number of hydrogen-bond acceptors (Lipinski definition) is 3. The summed E-state index contributed by atoms with van der Waals surface area (Å²) in [6.45, 7) is 5.49. The average Bonchev–Trinajstić information content (AvgIpc) is 2.47. The quantitative estimate of drug-likeness (QED) is 0.683. The van der Waals surface area contributed by atoms with Gasteiger partial charge in [0.1, 0.15) is 0 Å². The smallest absolute Gasteiger partial charge is 0.242 e. The second-order valence-electron chi connectivity index (χ2n) is 3.70. The average molecular weight is 214 g/mol. The van der Waals surface area contributed by atoms with E-state index in [9.17, 15) is 14.7 Å². The Hall–Kier alpha value is -1.10. The third kappa shape index (κ3) is 2.92. The Morgan fingerprint density at radius 1 is 1.53 bits per heavy atom. The van der Waals surface area contributed by atoms with Crippen molar-refractivity contribution in [3.8, 4) is 0 Å². The van der Waals surface area contributed by atoms with Crippen LogP contribution in [-0.4, -0.2) is 59.0 Å². The van der Waals surface area contributed by atoms with E-state index in [1.807, 2.05) is 13.8 Å². The highest BCUT2D eigenvalue weighted by Gasteiger charge is 2.29. The molecule has 0 aromatic carbocycles. The second kappa shape index (κ2) is 5.11. The van der Waals surface area contributed by atoms with Gasteiger partial charge in [0.2, 0.25) is 11.8 Å². The van der Waals surface area contributed by atoms with Gasteiger partial charge in [0.05, 0.1) is 19.1 Å². The highest BCUT2D eigenvalue weighted by molar-refractivity contribution is 5.86. The summed E-state index contributed by atoms with van der Waals surface area (Å²) in [4.78, 5) is 26.1. The van der Waals surface area contributed by atoms with E-state index in [1.165, 1.54) is 4.90 Å². The SMILES string of the molecule is CCN(CC)C(=O)CN1CC(O)CC1=O. The summed E-state index contributed by atoms with van der Waals surface area (Å²) in [5.41, 5.74) is 0. The topological polar surface area (TPSA) is 60.9 Å². The fourth-order valence-electron chi connectivity index (χ4n) is 1.74. The van der Waals surface area contributed by atoms with Crippen molar-refractivity contribution in [1.82, 2.24) is 9.80 Å². The first-order chi connectivity index (χ1) is 7.08. The Morgan fingerprint density at radius 2 is 2.13 bits per heavy atom. The molecule has 1 saturated heterocycles. The lowest BCUT2D eigenvalue weighted by atomic mass is 10.3. The zero-order chi connectivity index (χ0) is 11.4. The Labute approximate surface area is 89.7 Å². The molecule has 0 aromatic heterocycles. The van der Waals surface area contributed by atoms with Gasteiger partial charge in [-0.25, -0.2) is 0 Å². The Morgan fingerprint density at radius 3 is 2.53 bits per heavy atom. The lowest BCUT2D eigenvalue weighted by molar-refractivity contribution is -0.138. The zero-order valence-electron chi connectivity index (χ0n) is 9.27. The Balaban J connectivity index is 2.47. The fourth-order valence-corrected chi connectivity index (χ4v) is 1.74. The summed E-state index contributed by atoms with van der Waals surface area (Å²) >= 11 is 0. The van der Waals surface area contributed by atoms with Gasteiger partial charge in [-0.1, -0.05) is 0 Å². The molecule has 1 N–H and O–H groups in total. The maximum absolute atomic E-state index is 11.7. The number of hydrogen-bond donors (Lipinski definition) is 1. The summed E-state index contributed by atoms with van der Waals surface area (Å²) in [6.07, 6.45) is -0.465. The zero-order valence-corrected chi connectivity index (χ0v) is 9.27. The van der Waals surface area contributed by atoms with Crippen LogP contribution in [0.1, 0.15) is 20.3 Å². The van der Waals surface area contributed by atoms with Crippen LogP contribution in [0.25, 0.3) is 0 Å². The van der Waals surface area contributed by atoms with Crippen LogP contribution in [0.5, 0.6) is 0 Å². The first kappa shape index (κ1) is 12.0. The molecule has 0 spiro atoms. The Bertz CT molecular complexity index is 251. The van der Waals surface area contributed by atoms with E-state index in [0.29, 0.717) is 13.1 Å². The highest BCUT2D eigenvalue weighted by atomic mass is 16.3. The Kier molecular flexibility index (Phi) is 4.08. The molecule has 0 bridgehead atoms. The van der Waals surface area contributed by atoms with Gasteiger partial charge in [-0.3, -0.25) is 9.59 Å². The van der Waals surface area contributed by atoms with E-state index >= 15 is 0 Å². The normalized spacial score (nSPS) is 20.9. The summed E-state index contributed by atoms with van der Waals surface area (Å²) in [5.74, 6) is -0.189. The minimum atomic E-state index is -0.609. The molecule has 0 radical (unpaired) electrons. The van der Waals surface area contributed by atoms with Gasteiger partial charge >= 0.3 is 0 Å². The number of rotatable bonds is 4. The molecule has 15 heavy (non-hydrogen) atoms. The van der Waals surface area contributed by atoms with Crippen LogP contribution in [-0.2, 0) is 9.59 Å². The maximum Gasteiger partial charge on any atom is 0.242 e. The molecular weight excluding hydrogens is 196 g/mol. The third-order valence-corrected chi connectivity index (χ3v) is 2.64. The molecule has 1 fully saturated rings. The standard InChI is InChI=1S/C10H18N2O3/c1-3-11(4-2)10(15)7-12-6-8(13)5-9(12)14/h8,13H,3-7H2,1-2H3. The number of likely N-dealkylation sites (tertiary alicyclic amines) is 1. The van der Waals surface area contributed by atoms with Gasteiger partial charge < -0.3 is 14.9 Å². The van der Waals surface area contributed by atoms with Crippen LogP contribution in [0.4, 0.5) is 0 Å². The van der Waals surface area contributed by atoms with Gasteiger partial charge in [0.15, 0.2) is 0 Å². The second-order valence-corrected chi connectivity index (χ2v) is 3.70. The van der Waals surface area contributed by atoms with Crippen LogP contribution in [0.2, 0.25) is 0 Å². The van der Waals surface area contributed by atoms with Crippen molar-refractivity contribution in [3.05, 3.63) is 0 Å². The van der Waals surface area contributed by atoms with Gasteiger partial charge in [-0.15, -0.1) is 0 Å². The number of carbonyl (C=O) groups excluding carboxylic acids is 2. The number of aliphatic hydroxyl groups excluding tert-OH is 1. The lowest BCUT2D eigenvalue weighted by Gasteiger charge is -2.22. The van der Waals surface area contributed by atoms with Crippen molar-refractivity contribution < 1.29 is 14.7 Å². The van der Waals surface area contributed by atoms with E-state index in [2.05, 4.69) is 0 Å². The van der Waals surface area contributed by atoms with Crippen molar-refractivity contribution in [2.24, 2.45) is 0 Å². The largest absolute Gasteiger partial charge is 0.391 e. The van der Waals surface area contributed by atoms with Gasteiger partial charge in [0, 0.05) is 19.6 Å². The van der Waals surface area contributed by atoms with E-state index in [-0.39, 0.29) is 31.3 Å². The van der Waals surface area contributed by atoms with Crippen LogP contribution in [0.15, 0.2) is 0 Å². The monoisotopic (exact) mass is 214 g/mol. The number of amides is 2. The van der Waals surface area contributed by atoms with Gasteiger partial charge in [-0.05, 0) is 13.8 Å². The molecule has 1 aliphatic heterocycles. The predicted octanol–water partition coefficient (Wildman–Crippen LogP) is -0.552. The van der Waals surface area contributed by atoms with Gasteiger partial charge in [0.25, 0.3) is 0 Å². The molecule has 1 heterocycles. The van der Waals surface area contributed by atoms with Crippen molar-refractivity contribution >= 4 is 11.8 Å². The van der Waals surface area contributed by atoms with E-state index in [0.717, 1.165) is 0 Å². The predicted molar refractivity (Wildman–Crippen MR) is 55.1 cm³/mol. The molecule has 1 atom stereocenters. The van der Waals surface area contributed by atoms with Crippen molar-refractivity contribution in [2.75, 3.05) is 26.2 Å². The minimum Gasteiger partial charge on any atom is -0.391 e. The molecule has 1 rings (SSSR count). The molecule has 0 aromatic rings. The molecule has 2 amide bonds. The first-order valence-electron chi connectivity index (χ1n) is 5.32. The van der Waals surface area contributed by atoms with E-state index < -0.39 is 6.10 Å². The molecule has 5 nitrogen and oxygen atoms in total. The van der Waals surface area contributed by atoms with Crippen LogP contribution < -0.4 is 0 Å². The van der Waals surface area contributed by atoms with E-state index in [1.54, 1.807) is 4.90 Å². The molecule has 0 saturated carbocycles. The van der Waals surface area contributed by atoms with Crippen molar-refractivity contribution in [3.63, 3.8) is 0 Å². The van der Waals surface area contributed by atoms with Crippen LogP contribution >= 0.6 is 0 Å². The summed E-state index contributed by atoms with van der Waals surface area (Å²) < 4.78 is 0. The fraction of sp³-hybridized carbons (Fsp3) is 0.800. The number of carbonyl (C=O) groups is 2. The van der Waals surface area contributed by atoms with E-state index in [4.69, 9.17) is 0 Å². The maximum atomic E-state index is 11.7. The molecular formula is C10H18N2O3. The molecule has 0 aliphatic carbocycles.